The molecule has 0 amide bonds. The quantitative estimate of drug-likeness (QED) is 0.186. The van der Waals surface area contributed by atoms with E-state index in [4.69, 9.17) is 4.74 Å². The summed E-state index contributed by atoms with van der Waals surface area (Å²) in [6.45, 7) is 7.91. The largest absolute Gasteiger partial charge is 0.378 e. The SMILES string of the molecule is CCCCN1CCC(NC(=NC)NCCCCCOC2CCCCC2)CC1.I. The van der Waals surface area contributed by atoms with Gasteiger partial charge in [0.1, 0.15) is 0 Å². The minimum atomic E-state index is 0. The zero-order chi connectivity index (χ0) is 19.2. The first kappa shape index (κ1) is 26.0. The molecular formula is C22H45IN4O. The van der Waals surface area contributed by atoms with Gasteiger partial charge in [-0.15, -0.1) is 24.0 Å². The molecule has 2 aliphatic rings. The van der Waals surface area contributed by atoms with Gasteiger partial charge < -0.3 is 20.3 Å². The van der Waals surface area contributed by atoms with Gasteiger partial charge in [0.25, 0.3) is 0 Å². The molecule has 2 N–H and O–H groups in total. The lowest BCUT2D eigenvalue weighted by Crippen LogP contribution is -2.48. The zero-order valence-corrected chi connectivity index (χ0v) is 20.7. The lowest BCUT2D eigenvalue weighted by molar-refractivity contribution is 0.0264. The van der Waals surface area contributed by atoms with Gasteiger partial charge in [-0.25, -0.2) is 0 Å². The Hall–Kier alpha value is -0.0800. The zero-order valence-electron chi connectivity index (χ0n) is 18.4. The second kappa shape index (κ2) is 16.7. The standard InChI is InChI=1S/C22H44N4O.HI/c1-3-4-16-26-17-13-20(14-18-26)25-22(23-2)24-15-9-6-10-19-27-21-11-7-5-8-12-21;/h20-21H,3-19H2,1-2H3,(H2,23,24,25);1H. The molecule has 1 heterocycles. The molecule has 1 saturated heterocycles. The first-order chi connectivity index (χ1) is 13.3. The van der Waals surface area contributed by atoms with E-state index < -0.39 is 0 Å². The molecule has 0 aromatic heterocycles. The predicted molar refractivity (Wildman–Crippen MR) is 131 cm³/mol. The fourth-order valence-corrected chi connectivity index (χ4v) is 4.16. The third-order valence-electron chi connectivity index (χ3n) is 6.00. The maximum atomic E-state index is 6.00. The van der Waals surface area contributed by atoms with Crippen molar-refractivity contribution >= 4 is 29.9 Å². The van der Waals surface area contributed by atoms with E-state index in [9.17, 15) is 0 Å². The van der Waals surface area contributed by atoms with E-state index in [1.165, 1.54) is 96.7 Å². The number of halogens is 1. The van der Waals surface area contributed by atoms with Gasteiger partial charge >= 0.3 is 0 Å². The van der Waals surface area contributed by atoms with Crippen molar-refractivity contribution in [1.29, 1.82) is 0 Å². The summed E-state index contributed by atoms with van der Waals surface area (Å²) in [7, 11) is 1.88. The van der Waals surface area contributed by atoms with Crippen molar-refractivity contribution in [3.8, 4) is 0 Å². The van der Waals surface area contributed by atoms with Crippen LogP contribution < -0.4 is 10.6 Å². The van der Waals surface area contributed by atoms with Crippen LogP contribution in [-0.4, -0.2) is 62.8 Å². The monoisotopic (exact) mass is 508 g/mol. The number of rotatable bonds is 11. The third kappa shape index (κ3) is 11.2. The van der Waals surface area contributed by atoms with Crippen LogP contribution in [0.4, 0.5) is 0 Å². The molecule has 0 radical (unpaired) electrons. The van der Waals surface area contributed by atoms with Gasteiger partial charge in [0.05, 0.1) is 6.10 Å². The number of guanidine groups is 1. The molecule has 5 nitrogen and oxygen atoms in total. The number of unbranched alkanes of at least 4 members (excludes halogenated alkanes) is 3. The summed E-state index contributed by atoms with van der Waals surface area (Å²) < 4.78 is 6.00. The minimum Gasteiger partial charge on any atom is -0.378 e. The maximum absolute atomic E-state index is 6.00. The summed E-state index contributed by atoms with van der Waals surface area (Å²) in [4.78, 5) is 7.01. The van der Waals surface area contributed by atoms with E-state index in [1.807, 2.05) is 7.05 Å². The molecule has 0 aromatic carbocycles. The summed E-state index contributed by atoms with van der Waals surface area (Å²) in [6, 6.07) is 0.568. The molecule has 1 saturated carbocycles. The average molecular weight is 509 g/mol. The third-order valence-corrected chi connectivity index (χ3v) is 6.00. The van der Waals surface area contributed by atoms with E-state index in [0.717, 1.165) is 19.1 Å². The number of aliphatic imine (C=N–C) groups is 1. The Morgan fingerprint density at radius 2 is 1.75 bits per heavy atom. The van der Waals surface area contributed by atoms with Crippen LogP contribution in [0.5, 0.6) is 0 Å². The van der Waals surface area contributed by atoms with Crippen molar-refractivity contribution in [3.63, 3.8) is 0 Å². The Balaban J connectivity index is 0.00000392. The first-order valence-corrected chi connectivity index (χ1v) is 11.6. The number of ether oxygens (including phenoxy) is 1. The van der Waals surface area contributed by atoms with Crippen molar-refractivity contribution in [2.75, 3.05) is 39.8 Å². The highest BCUT2D eigenvalue weighted by atomic mass is 127. The van der Waals surface area contributed by atoms with Crippen LogP contribution in [0.3, 0.4) is 0 Å². The topological polar surface area (TPSA) is 48.9 Å². The van der Waals surface area contributed by atoms with Crippen molar-refractivity contribution in [2.24, 2.45) is 4.99 Å². The molecule has 28 heavy (non-hydrogen) atoms. The van der Waals surface area contributed by atoms with Gasteiger partial charge in [0, 0.05) is 39.3 Å². The van der Waals surface area contributed by atoms with Crippen molar-refractivity contribution in [3.05, 3.63) is 0 Å². The minimum absolute atomic E-state index is 0. The predicted octanol–water partition coefficient (Wildman–Crippen LogP) is 4.55. The van der Waals surface area contributed by atoms with Gasteiger partial charge in [0.15, 0.2) is 5.96 Å². The van der Waals surface area contributed by atoms with Gasteiger partial charge in [-0.2, -0.15) is 0 Å². The van der Waals surface area contributed by atoms with E-state index in [2.05, 4.69) is 27.4 Å². The van der Waals surface area contributed by atoms with Gasteiger partial charge in [-0.1, -0.05) is 32.6 Å². The fourth-order valence-electron chi connectivity index (χ4n) is 4.16. The van der Waals surface area contributed by atoms with E-state index >= 15 is 0 Å². The normalized spacial score (nSPS) is 20.0. The lowest BCUT2D eigenvalue weighted by Gasteiger charge is -2.33. The van der Waals surface area contributed by atoms with Crippen molar-refractivity contribution in [1.82, 2.24) is 15.5 Å². The summed E-state index contributed by atoms with van der Waals surface area (Å²) in [5.74, 6) is 0.973. The number of likely N-dealkylation sites (tertiary alicyclic amines) is 1. The molecule has 0 aromatic rings. The van der Waals surface area contributed by atoms with E-state index in [0.29, 0.717) is 12.1 Å². The molecule has 6 heteroatoms. The van der Waals surface area contributed by atoms with E-state index in [1.54, 1.807) is 0 Å². The summed E-state index contributed by atoms with van der Waals surface area (Å²) >= 11 is 0. The molecular weight excluding hydrogens is 463 g/mol. The molecule has 0 spiro atoms. The number of hydrogen-bond acceptors (Lipinski definition) is 3. The average Bonchev–Trinajstić information content (AvgIpc) is 2.72. The summed E-state index contributed by atoms with van der Waals surface area (Å²) in [6.07, 6.45) is 15.9. The number of hydrogen-bond donors (Lipinski definition) is 2. The Bertz CT molecular complexity index is 394. The number of nitrogens with zero attached hydrogens (tertiary/aromatic N) is 2. The van der Waals surface area contributed by atoms with Gasteiger partial charge in [0.2, 0.25) is 0 Å². The van der Waals surface area contributed by atoms with Crippen molar-refractivity contribution < 1.29 is 4.74 Å². The molecule has 2 rings (SSSR count). The highest BCUT2D eigenvalue weighted by Crippen LogP contribution is 2.20. The maximum Gasteiger partial charge on any atom is 0.191 e. The smallest absolute Gasteiger partial charge is 0.191 e. The molecule has 1 aliphatic carbocycles. The van der Waals surface area contributed by atoms with Crippen LogP contribution >= 0.6 is 24.0 Å². The summed E-state index contributed by atoms with van der Waals surface area (Å²) in [5, 5.41) is 7.10. The second-order valence-corrected chi connectivity index (χ2v) is 8.30. The molecule has 1 aliphatic heterocycles. The highest BCUT2D eigenvalue weighted by Gasteiger charge is 2.19. The molecule has 2 fully saturated rings. The van der Waals surface area contributed by atoms with Crippen LogP contribution in [0.2, 0.25) is 0 Å². The van der Waals surface area contributed by atoms with Crippen molar-refractivity contribution in [2.45, 2.75) is 96.1 Å². The first-order valence-electron chi connectivity index (χ1n) is 11.6. The molecule has 166 valence electrons. The van der Waals surface area contributed by atoms with Crippen LogP contribution in [0, 0.1) is 0 Å². The molecule has 0 unspecified atom stereocenters. The summed E-state index contributed by atoms with van der Waals surface area (Å²) in [5.41, 5.74) is 0. The van der Waals surface area contributed by atoms with Gasteiger partial charge in [-0.05, 0) is 57.9 Å². The van der Waals surface area contributed by atoms with Crippen LogP contribution in [0.15, 0.2) is 4.99 Å². The Kier molecular flexibility index (Phi) is 15.5. The molecule has 0 bridgehead atoms. The Morgan fingerprint density at radius 1 is 1.00 bits per heavy atom. The van der Waals surface area contributed by atoms with Crippen LogP contribution in [0.1, 0.15) is 84.0 Å². The van der Waals surface area contributed by atoms with Crippen LogP contribution in [-0.2, 0) is 4.74 Å². The van der Waals surface area contributed by atoms with Crippen LogP contribution in [0.25, 0.3) is 0 Å². The second-order valence-electron chi connectivity index (χ2n) is 8.30. The fraction of sp³-hybridized carbons (Fsp3) is 0.955. The highest BCUT2D eigenvalue weighted by molar-refractivity contribution is 14.0. The Labute approximate surface area is 190 Å². The van der Waals surface area contributed by atoms with E-state index in [-0.39, 0.29) is 24.0 Å². The number of piperidine rings is 1. The van der Waals surface area contributed by atoms with Gasteiger partial charge in [-0.3, -0.25) is 4.99 Å². The molecule has 0 atom stereocenters. The Morgan fingerprint density at radius 3 is 2.43 bits per heavy atom. The lowest BCUT2D eigenvalue weighted by atomic mass is 9.98. The number of nitrogens with one attached hydrogen (secondary N) is 2.